The van der Waals surface area contributed by atoms with Crippen LogP contribution in [-0.2, 0) is 0 Å². The van der Waals surface area contributed by atoms with Crippen LogP contribution in [0, 0.1) is 0 Å². The maximum Gasteiger partial charge on any atom is 0.402 e. The number of carbonyl (C=O) groups is 1. The van der Waals surface area contributed by atoms with Gasteiger partial charge in [-0.05, 0) is 5.56 Å². The van der Waals surface area contributed by atoms with Crippen molar-refractivity contribution in [3.8, 4) is 0 Å². The van der Waals surface area contributed by atoms with Gasteiger partial charge in [0.1, 0.15) is 4.99 Å². The first-order valence-corrected chi connectivity index (χ1v) is 5.43. The van der Waals surface area contributed by atoms with Crippen LogP contribution < -0.4 is 11.5 Å². The van der Waals surface area contributed by atoms with E-state index in [9.17, 15) is 0 Å². The Labute approximate surface area is 110 Å². The highest BCUT2D eigenvalue weighted by molar-refractivity contribution is 7.80. The molecule has 0 aliphatic carbocycles. The second kappa shape index (κ2) is 8.40. The second-order valence-corrected chi connectivity index (χ2v) is 3.79. The molecule has 0 bridgehead atoms. The molecule has 1 aromatic rings. The van der Waals surface area contributed by atoms with Crippen molar-refractivity contribution in [1.82, 2.24) is 0 Å². The Kier molecular flexibility index (Phi) is 7.61. The molecule has 0 aliphatic rings. The third kappa shape index (κ3) is 5.58. The lowest BCUT2D eigenvalue weighted by atomic mass is 9.95. The van der Waals surface area contributed by atoms with Crippen molar-refractivity contribution >= 4 is 23.3 Å². The summed E-state index contributed by atoms with van der Waals surface area (Å²) in [6.07, 6.45) is -1.33. The van der Waals surface area contributed by atoms with E-state index < -0.39 is 6.09 Å². The summed E-state index contributed by atoms with van der Waals surface area (Å²) in [6, 6.07) is 7.25. The van der Waals surface area contributed by atoms with Crippen LogP contribution in [0.1, 0.15) is 17.0 Å². The molecule has 1 amide bonds. The predicted octanol–water partition coefficient (Wildman–Crippen LogP) is 0.0121. The van der Waals surface area contributed by atoms with Crippen molar-refractivity contribution in [2.24, 2.45) is 11.5 Å². The molecule has 7 heteroatoms. The van der Waals surface area contributed by atoms with Crippen LogP contribution in [0.15, 0.2) is 24.3 Å². The van der Waals surface area contributed by atoms with Gasteiger partial charge in [0, 0.05) is 11.5 Å². The van der Waals surface area contributed by atoms with E-state index >= 15 is 0 Å². The largest absolute Gasteiger partial charge is 0.465 e. The maximum absolute atomic E-state index is 9.04. The third-order valence-corrected chi connectivity index (χ3v) is 2.33. The molecule has 0 saturated carbocycles. The smallest absolute Gasteiger partial charge is 0.402 e. The van der Waals surface area contributed by atoms with Crippen LogP contribution >= 0.6 is 12.2 Å². The van der Waals surface area contributed by atoms with E-state index in [1.807, 2.05) is 18.2 Å². The zero-order valence-corrected chi connectivity index (χ0v) is 10.4. The van der Waals surface area contributed by atoms with E-state index in [1.54, 1.807) is 6.07 Å². The number of nitrogens with two attached hydrogens (primary N) is 2. The van der Waals surface area contributed by atoms with Gasteiger partial charge in [0.15, 0.2) is 0 Å². The monoisotopic (exact) mass is 272 g/mol. The predicted molar refractivity (Wildman–Crippen MR) is 71.5 cm³/mol. The van der Waals surface area contributed by atoms with E-state index in [2.05, 4.69) is 5.73 Å². The fourth-order valence-corrected chi connectivity index (χ4v) is 1.52. The molecule has 0 radical (unpaired) electrons. The summed E-state index contributed by atoms with van der Waals surface area (Å²) in [5, 5.41) is 25.3. The first kappa shape index (κ1) is 16.3. The first-order chi connectivity index (χ1) is 8.43. The van der Waals surface area contributed by atoms with Crippen molar-refractivity contribution in [2.75, 3.05) is 13.2 Å². The quantitative estimate of drug-likeness (QED) is 0.491. The van der Waals surface area contributed by atoms with Crippen molar-refractivity contribution in [1.29, 1.82) is 0 Å². The SMILES string of the molecule is NC(=O)O.NC(=S)c1ccccc1C(CO)CO. The number of primary amides is 1. The third-order valence-electron chi connectivity index (χ3n) is 2.11. The number of hydrogen-bond donors (Lipinski definition) is 5. The summed E-state index contributed by atoms with van der Waals surface area (Å²) in [6.45, 7) is -0.230. The summed E-state index contributed by atoms with van der Waals surface area (Å²) in [4.78, 5) is 9.06. The van der Waals surface area contributed by atoms with Gasteiger partial charge in [0.25, 0.3) is 0 Å². The lowest BCUT2D eigenvalue weighted by Gasteiger charge is -2.15. The van der Waals surface area contributed by atoms with Crippen LogP contribution in [0.5, 0.6) is 0 Å². The molecule has 0 aliphatic heterocycles. The average molecular weight is 272 g/mol. The normalized spacial score (nSPS) is 9.50. The zero-order chi connectivity index (χ0) is 14.1. The van der Waals surface area contributed by atoms with Crippen LogP contribution in [0.4, 0.5) is 4.79 Å². The molecule has 0 unspecified atom stereocenters. The first-order valence-electron chi connectivity index (χ1n) is 5.02. The van der Waals surface area contributed by atoms with Crippen LogP contribution in [0.25, 0.3) is 0 Å². The number of thiocarbonyl (C=S) groups is 1. The molecule has 6 nitrogen and oxygen atoms in total. The molecule has 0 spiro atoms. The number of aliphatic hydroxyl groups is 2. The number of rotatable bonds is 4. The number of amides is 1. The minimum Gasteiger partial charge on any atom is -0.465 e. The fourth-order valence-electron chi connectivity index (χ4n) is 1.33. The minimum absolute atomic E-state index is 0.115. The highest BCUT2D eigenvalue weighted by Gasteiger charge is 2.14. The Morgan fingerprint density at radius 1 is 1.22 bits per heavy atom. The van der Waals surface area contributed by atoms with Crippen molar-refractivity contribution in [3.05, 3.63) is 35.4 Å². The van der Waals surface area contributed by atoms with E-state index in [1.165, 1.54) is 0 Å². The Hall–Kier alpha value is -1.70. The van der Waals surface area contributed by atoms with Gasteiger partial charge in [0.05, 0.1) is 13.2 Å². The highest BCUT2D eigenvalue weighted by Crippen LogP contribution is 2.19. The Morgan fingerprint density at radius 3 is 2.06 bits per heavy atom. The molecule has 18 heavy (non-hydrogen) atoms. The number of aliphatic hydroxyl groups excluding tert-OH is 2. The average Bonchev–Trinajstić information content (AvgIpc) is 2.30. The van der Waals surface area contributed by atoms with Gasteiger partial charge in [-0.25, -0.2) is 4.79 Å². The number of hydrogen-bond acceptors (Lipinski definition) is 4. The lowest BCUT2D eigenvalue weighted by molar-refractivity contribution is 0.192. The summed E-state index contributed by atoms with van der Waals surface area (Å²) in [5.74, 6) is -0.312. The van der Waals surface area contributed by atoms with Gasteiger partial charge < -0.3 is 26.8 Å². The second-order valence-electron chi connectivity index (χ2n) is 3.35. The van der Waals surface area contributed by atoms with E-state index in [0.29, 0.717) is 0 Å². The Morgan fingerprint density at radius 2 is 1.67 bits per heavy atom. The van der Waals surface area contributed by atoms with Gasteiger partial charge in [-0.3, -0.25) is 0 Å². The van der Waals surface area contributed by atoms with Gasteiger partial charge in [-0.15, -0.1) is 0 Å². The summed E-state index contributed by atoms with van der Waals surface area (Å²) >= 11 is 4.88. The van der Waals surface area contributed by atoms with Crippen LogP contribution in [0.3, 0.4) is 0 Å². The number of benzene rings is 1. The van der Waals surface area contributed by atoms with Gasteiger partial charge in [-0.1, -0.05) is 36.5 Å². The number of carboxylic acid groups (broad SMARTS) is 1. The molecule has 7 N–H and O–H groups in total. The molecule has 0 aromatic heterocycles. The molecule has 0 fully saturated rings. The molecular formula is C11H16N2O4S. The Balaban J connectivity index is 0.000000631. The van der Waals surface area contributed by atoms with Crippen molar-refractivity contribution in [2.45, 2.75) is 5.92 Å². The summed E-state index contributed by atoms with van der Waals surface area (Å²) < 4.78 is 0. The van der Waals surface area contributed by atoms with Crippen LogP contribution in [0.2, 0.25) is 0 Å². The molecule has 0 heterocycles. The van der Waals surface area contributed by atoms with Crippen LogP contribution in [-0.4, -0.2) is 39.6 Å². The van der Waals surface area contributed by atoms with E-state index in [0.717, 1.165) is 11.1 Å². The Bertz CT molecular complexity index is 404. The molecular weight excluding hydrogens is 256 g/mol. The molecule has 100 valence electrons. The minimum atomic E-state index is -1.33. The zero-order valence-electron chi connectivity index (χ0n) is 9.61. The van der Waals surface area contributed by atoms with Crippen molar-refractivity contribution in [3.63, 3.8) is 0 Å². The molecule has 0 atom stereocenters. The molecule has 0 saturated heterocycles. The van der Waals surface area contributed by atoms with Gasteiger partial charge in [-0.2, -0.15) is 0 Å². The lowest BCUT2D eigenvalue weighted by Crippen LogP contribution is -2.17. The molecule has 1 rings (SSSR count). The van der Waals surface area contributed by atoms with Gasteiger partial charge >= 0.3 is 6.09 Å². The van der Waals surface area contributed by atoms with E-state index in [4.69, 9.17) is 38.1 Å². The molecule has 1 aromatic carbocycles. The summed E-state index contributed by atoms with van der Waals surface area (Å²) in [5.41, 5.74) is 11.1. The summed E-state index contributed by atoms with van der Waals surface area (Å²) in [7, 11) is 0. The fraction of sp³-hybridized carbons (Fsp3) is 0.273. The topological polar surface area (TPSA) is 130 Å². The van der Waals surface area contributed by atoms with E-state index in [-0.39, 0.29) is 24.1 Å². The van der Waals surface area contributed by atoms with Crippen molar-refractivity contribution < 1.29 is 20.1 Å². The highest BCUT2D eigenvalue weighted by atomic mass is 32.1. The van der Waals surface area contributed by atoms with Gasteiger partial charge in [0.2, 0.25) is 0 Å². The maximum atomic E-state index is 9.04. The standard InChI is InChI=1S/C10H13NO2S.CH3NO2/c11-10(14)9-4-2-1-3-8(9)7(5-12)6-13;2-1(3)4/h1-4,7,12-13H,5-6H2,(H2,11,14);2H2,(H,3,4).